The molecular formula is C9H7BrN2O3S. The van der Waals surface area contributed by atoms with Crippen molar-refractivity contribution in [2.45, 2.75) is 6.54 Å². The zero-order chi connectivity index (χ0) is 11.5. The van der Waals surface area contributed by atoms with Gasteiger partial charge in [0.2, 0.25) is 5.76 Å². The lowest BCUT2D eigenvalue weighted by Gasteiger charge is -1.98. The number of nitrogens with one attached hydrogen (secondary N) is 1. The van der Waals surface area contributed by atoms with Gasteiger partial charge in [0.05, 0.1) is 6.54 Å². The van der Waals surface area contributed by atoms with Gasteiger partial charge < -0.3 is 14.8 Å². The fourth-order valence-corrected chi connectivity index (χ4v) is 2.23. The van der Waals surface area contributed by atoms with E-state index in [1.54, 1.807) is 6.07 Å². The molecule has 0 atom stereocenters. The van der Waals surface area contributed by atoms with Gasteiger partial charge in [-0.3, -0.25) is 0 Å². The van der Waals surface area contributed by atoms with Crippen LogP contribution in [0.3, 0.4) is 0 Å². The summed E-state index contributed by atoms with van der Waals surface area (Å²) in [5, 5.41) is 14.3. The average molecular weight is 303 g/mol. The van der Waals surface area contributed by atoms with Gasteiger partial charge >= 0.3 is 5.97 Å². The second-order valence-corrected chi connectivity index (χ2v) is 4.57. The fourth-order valence-electron chi connectivity index (χ4n) is 1.09. The van der Waals surface area contributed by atoms with E-state index in [1.165, 1.54) is 17.4 Å². The topological polar surface area (TPSA) is 75.4 Å². The summed E-state index contributed by atoms with van der Waals surface area (Å²) in [6, 6.07) is 3.05. The van der Waals surface area contributed by atoms with E-state index >= 15 is 0 Å². The predicted octanol–water partition coefficient (Wildman–Crippen LogP) is 2.81. The molecule has 0 aromatic carbocycles. The summed E-state index contributed by atoms with van der Waals surface area (Å²) in [6.45, 7) is 0.410. The number of rotatable bonds is 4. The number of carboxylic acids is 1. The van der Waals surface area contributed by atoms with Crippen molar-refractivity contribution in [2.75, 3.05) is 5.32 Å². The smallest absolute Gasteiger partial charge is 0.371 e. The summed E-state index contributed by atoms with van der Waals surface area (Å²) in [5.74, 6) is -0.566. The number of furan rings is 1. The average Bonchev–Trinajstić information content (AvgIpc) is 2.83. The molecule has 7 heteroatoms. The van der Waals surface area contributed by atoms with E-state index in [1.807, 2.05) is 5.38 Å². The highest BCUT2D eigenvalue weighted by Crippen LogP contribution is 2.20. The highest BCUT2D eigenvalue weighted by Gasteiger charge is 2.08. The Morgan fingerprint density at radius 2 is 2.44 bits per heavy atom. The van der Waals surface area contributed by atoms with E-state index in [4.69, 9.17) is 9.52 Å². The maximum Gasteiger partial charge on any atom is 0.371 e. The Kier molecular flexibility index (Phi) is 3.25. The lowest BCUT2D eigenvalue weighted by atomic mass is 10.4. The van der Waals surface area contributed by atoms with Gasteiger partial charge in [0.1, 0.15) is 10.4 Å². The number of halogens is 1. The van der Waals surface area contributed by atoms with Gasteiger partial charge in [-0.1, -0.05) is 0 Å². The molecule has 16 heavy (non-hydrogen) atoms. The number of aromatic carboxylic acids is 1. The van der Waals surface area contributed by atoms with Gasteiger partial charge in [-0.25, -0.2) is 9.78 Å². The highest BCUT2D eigenvalue weighted by molar-refractivity contribution is 9.10. The normalized spacial score (nSPS) is 10.3. The van der Waals surface area contributed by atoms with E-state index in [0.29, 0.717) is 12.3 Å². The number of thiazole rings is 1. The summed E-state index contributed by atoms with van der Waals surface area (Å²) < 4.78 is 5.85. The third-order valence-electron chi connectivity index (χ3n) is 1.76. The van der Waals surface area contributed by atoms with Crippen LogP contribution in [0.15, 0.2) is 26.5 Å². The first-order valence-electron chi connectivity index (χ1n) is 4.32. The Hall–Kier alpha value is -1.34. The number of aromatic nitrogens is 1. The molecule has 0 fully saturated rings. The van der Waals surface area contributed by atoms with E-state index < -0.39 is 5.97 Å². The quantitative estimate of drug-likeness (QED) is 0.908. The molecule has 0 amide bonds. The van der Waals surface area contributed by atoms with Gasteiger partial charge in [-0.2, -0.15) is 0 Å². The molecule has 0 aliphatic carbocycles. The lowest BCUT2D eigenvalue weighted by Crippen LogP contribution is -1.97. The SMILES string of the molecule is O=C(O)c1ccc(CNc2nc(Br)cs2)o1. The minimum absolute atomic E-state index is 0.0582. The molecule has 0 bridgehead atoms. The standard InChI is InChI=1S/C9H7BrN2O3S/c10-7-4-16-9(12-7)11-3-5-1-2-6(15-5)8(13)14/h1-2,4H,3H2,(H,11,12)(H,13,14). The van der Waals surface area contributed by atoms with Gasteiger partial charge in [-0.05, 0) is 28.1 Å². The molecule has 0 aliphatic heterocycles. The molecule has 0 saturated heterocycles. The molecule has 0 spiro atoms. The maximum absolute atomic E-state index is 10.6. The van der Waals surface area contributed by atoms with E-state index in [-0.39, 0.29) is 5.76 Å². The van der Waals surface area contributed by atoms with Crippen LogP contribution in [0.4, 0.5) is 5.13 Å². The molecule has 0 radical (unpaired) electrons. The molecule has 84 valence electrons. The first-order valence-corrected chi connectivity index (χ1v) is 5.99. The number of nitrogens with zero attached hydrogens (tertiary/aromatic N) is 1. The third-order valence-corrected chi connectivity index (χ3v) is 3.27. The molecule has 2 heterocycles. The Balaban J connectivity index is 1.97. The summed E-state index contributed by atoms with van der Waals surface area (Å²) in [7, 11) is 0. The Morgan fingerprint density at radius 1 is 1.62 bits per heavy atom. The van der Waals surface area contributed by atoms with Crippen LogP contribution in [0.2, 0.25) is 0 Å². The first kappa shape index (κ1) is 11.2. The Bertz CT molecular complexity index is 508. The molecule has 0 unspecified atom stereocenters. The number of hydrogen-bond donors (Lipinski definition) is 2. The van der Waals surface area contributed by atoms with Crippen molar-refractivity contribution in [3.63, 3.8) is 0 Å². The first-order chi connectivity index (χ1) is 7.65. The van der Waals surface area contributed by atoms with Crippen LogP contribution >= 0.6 is 27.3 Å². The number of carboxylic acid groups (broad SMARTS) is 1. The van der Waals surface area contributed by atoms with Crippen molar-refractivity contribution in [3.8, 4) is 0 Å². The van der Waals surface area contributed by atoms with Crippen LogP contribution in [0.25, 0.3) is 0 Å². The van der Waals surface area contributed by atoms with Gasteiger partial charge in [0.15, 0.2) is 5.13 Å². The summed E-state index contributed by atoms with van der Waals surface area (Å²) in [4.78, 5) is 14.7. The molecule has 2 rings (SSSR count). The van der Waals surface area contributed by atoms with Crippen molar-refractivity contribution < 1.29 is 14.3 Å². The van der Waals surface area contributed by atoms with E-state index in [0.717, 1.165) is 9.73 Å². The molecule has 2 aromatic heterocycles. The predicted molar refractivity (Wildman–Crippen MR) is 62.8 cm³/mol. The van der Waals surface area contributed by atoms with Crippen molar-refractivity contribution in [1.82, 2.24) is 4.98 Å². The number of hydrogen-bond acceptors (Lipinski definition) is 5. The van der Waals surface area contributed by atoms with Crippen LogP contribution in [0.5, 0.6) is 0 Å². The van der Waals surface area contributed by atoms with Crippen LogP contribution in [0.1, 0.15) is 16.3 Å². The highest BCUT2D eigenvalue weighted by atomic mass is 79.9. The summed E-state index contributed by atoms with van der Waals surface area (Å²) in [5.41, 5.74) is 0. The number of anilines is 1. The second-order valence-electron chi connectivity index (χ2n) is 2.90. The zero-order valence-corrected chi connectivity index (χ0v) is 10.3. The monoisotopic (exact) mass is 302 g/mol. The Labute approximate surface area is 103 Å². The molecule has 2 N–H and O–H groups in total. The van der Waals surface area contributed by atoms with Crippen molar-refractivity contribution in [3.05, 3.63) is 33.6 Å². The van der Waals surface area contributed by atoms with Crippen LogP contribution in [-0.4, -0.2) is 16.1 Å². The zero-order valence-electron chi connectivity index (χ0n) is 7.94. The molecule has 5 nitrogen and oxygen atoms in total. The van der Waals surface area contributed by atoms with Gasteiger partial charge in [0, 0.05) is 5.38 Å². The summed E-state index contributed by atoms with van der Waals surface area (Å²) in [6.07, 6.45) is 0. The molecular weight excluding hydrogens is 296 g/mol. The van der Waals surface area contributed by atoms with Gasteiger partial charge in [-0.15, -0.1) is 11.3 Å². The third kappa shape index (κ3) is 2.61. The minimum atomic E-state index is -1.07. The van der Waals surface area contributed by atoms with E-state index in [9.17, 15) is 4.79 Å². The Morgan fingerprint density at radius 3 is 3.00 bits per heavy atom. The second kappa shape index (κ2) is 4.67. The van der Waals surface area contributed by atoms with Gasteiger partial charge in [0.25, 0.3) is 0 Å². The van der Waals surface area contributed by atoms with Crippen molar-refractivity contribution in [1.29, 1.82) is 0 Å². The molecule has 2 aromatic rings. The number of carbonyl (C=O) groups is 1. The van der Waals surface area contributed by atoms with Crippen LogP contribution < -0.4 is 5.32 Å². The minimum Gasteiger partial charge on any atom is -0.475 e. The van der Waals surface area contributed by atoms with Crippen molar-refractivity contribution in [2.24, 2.45) is 0 Å². The largest absolute Gasteiger partial charge is 0.475 e. The van der Waals surface area contributed by atoms with Crippen molar-refractivity contribution >= 4 is 38.4 Å². The van der Waals surface area contributed by atoms with E-state index in [2.05, 4.69) is 26.2 Å². The molecule has 0 saturated carbocycles. The maximum atomic E-state index is 10.6. The van der Waals surface area contributed by atoms with Crippen LogP contribution in [-0.2, 0) is 6.54 Å². The molecule has 0 aliphatic rings. The lowest BCUT2D eigenvalue weighted by molar-refractivity contribution is 0.0660. The summed E-state index contributed by atoms with van der Waals surface area (Å²) >= 11 is 4.69. The van der Waals surface area contributed by atoms with Crippen LogP contribution in [0, 0.1) is 0 Å². The fraction of sp³-hybridized carbons (Fsp3) is 0.111.